The molecule has 0 unspecified atom stereocenters. The van der Waals surface area contributed by atoms with Crippen molar-refractivity contribution in [3.05, 3.63) is 53.1 Å². The second-order valence-corrected chi connectivity index (χ2v) is 6.99. The van der Waals surface area contributed by atoms with Crippen molar-refractivity contribution in [2.24, 2.45) is 0 Å². The molecule has 0 spiro atoms. The van der Waals surface area contributed by atoms with Crippen LogP contribution in [0.3, 0.4) is 0 Å². The SMILES string of the molecule is COc1ccc(CCC(=O)NCCOc2cccc3c2CCCC3)cc1OC. The number of hydrogen-bond donors (Lipinski definition) is 1. The Morgan fingerprint density at radius 2 is 1.82 bits per heavy atom. The van der Waals surface area contributed by atoms with Gasteiger partial charge >= 0.3 is 0 Å². The molecule has 0 saturated carbocycles. The van der Waals surface area contributed by atoms with Crippen LogP contribution in [0, 0.1) is 0 Å². The Hall–Kier alpha value is -2.69. The van der Waals surface area contributed by atoms with E-state index in [0.29, 0.717) is 37.5 Å². The number of aryl methyl sites for hydroxylation is 2. The highest BCUT2D eigenvalue weighted by Gasteiger charge is 2.13. The Morgan fingerprint density at radius 1 is 1.00 bits per heavy atom. The number of carbonyl (C=O) groups excluding carboxylic acids is 1. The van der Waals surface area contributed by atoms with Crippen LogP contribution in [-0.2, 0) is 24.1 Å². The van der Waals surface area contributed by atoms with Crippen molar-refractivity contribution in [1.29, 1.82) is 0 Å². The van der Waals surface area contributed by atoms with Gasteiger partial charge in [-0.15, -0.1) is 0 Å². The second-order valence-electron chi connectivity index (χ2n) is 6.99. The van der Waals surface area contributed by atoms with Gasteiger partial charge in [0.25, 0.3) is 0 Å². The van der Waals surface area contributed by atoms with E-state index in [9.17, 15) is 4.79 Å². The number of ether oxygens (including phenoxy) is 3. The number of carbonyl (C=O) groups is 1. The van der Waals surface area contributed by atoms with Crippen molar-refractivity contribution in [2.75, 3.05) is 27.4 Å². The van der Waals surface area contributed by atoms with Crippen molar-refractivity contribution >= 4 is 5.91 Å². The van der Waals surface area contributed by atoms with Crippen LogP contribution in [0.15, 0.2) is 36.4 Å². The smallest absolute Gasteiger partial charge is 0.220 e. The summed E-state index contributed by atoms with van der Waals surface area (Å²) in [7, 11) is 3.22. The van der Waals surface area contributed by atoms with Gasteiger partial charge in [0, 0.05) is 6.42 Å². The Morgan fingerprint density at radius 3 is 2.64 bits per heavy atom. The maximum Gasteiger partial charge on any atom is 0.220 e. The molecule has 28 heavy (non-hydrogen) atoms. The average molecular weight is 383 g/mol. The molecule has 2 aromatic rings. The summed E-state index contributed by atoms with van der Waals surface area (Å²) in [5.74, 6) is 2.36. The highest BCUT2D eigenvalue weighted by molar-refractivity contribution is 5.76. The summed E-state index contributed by atoms with van der Waals surface area (Å²) in [4.78, 5) is 12.1. The molecule has 150 valence electrons. The van der Waals surface area contributed by atoms with Gasteiger partial charge in [-0.3, -0.25) is 4.79 Å². The molecular weight excluding hydrogens is 354 g/mol. The first kappa shape index (κ1) is 20.1. The maximum atomic E-state index is 12.1. The first-order chi connectivity index (χ1) is 13.7. The van der Waals surface area contributed by atoms with E-state index in [1.54, 1.807) is 14.2 Å². The van der Waals surface area contributed by atoms with Crippen molar-refractivity contribution in [2.45, 2.75) is 38.5 Å². The minimum absolute atomic E-state index is 0.0217. The van der Waals surface area contributed by atoms with Gasteiger partial charge < -0.3 is 19.5 Å². The zero-order chi connectivity index (χ0) is 19.8. The molecule has 0 atom stereocenters. The number of fused-ring (bicyclic) bond motifs is 1. The normalized spacial score (nSPS) is 12.8. The molecular formula is C23H29NO4. The number of nitrogens with one attached hydrogen (secondary N) is 1. The van der Waals surface area contributed by atoms with Crippen molar-refractivity contribution in [3.63, 3.8) is 0 Å². The number of rotatable bonds is 9. The summed E-state index contributed by atoms with van der Waals surface area (Å²) in [6.45, 7) is 0.993. The van der Waals surface area contributed by atoms with Crippen LogP contribution in [0.5, 0.6) is 17.2 Å². The summed E-state index contributed by atoms with van der Waals surface area (Å²) in [5.41, 5.74) is 3.79. The first-order valence-corrected chi connectivity index (χ1v) is 9.92. The molecule has 5 heteroatoms. The lowest BCUT2D eigenvalue weighted by Crippen LogP contribution is -2.28. The Labute approximate surface area is 167 Å². The molecule has 0 aliphatic heterocycles. The average Bonchev–Trinajstić information content (AvgIpc) is 2.75. The van der Waals surface area contributed by atoms with Gasteiger partial charge in [-0.1, -0.05) is 18.2 Å². The summed E-state index contributed by atoms with van der Waals surface area (Å²) in [6, 6.07) is 12.0. The third-order valence-electron chi connectivity index (χ3n) is 5.12. The molecule has 2 aromatic carbocycles. The Balaban J connectivity index is 1.41. The maximum absolute atomic E-state index is 12.1. The fourth-order valence-electron chi connectivity index (χ4n) is 3.62. The summed E-state index contributed by atoms with van der Waals surface area (Å²) >= 11 is 0. The minimum atomic E-state index is 0.0217. The molecule has 1 aliphatic carbocycles. The van der Waals surface area contributed by atoms with E-state index in [1.807, 2.05) is 24.3 Å². The lowest BCUT2D eigenvalue weighted by atomic mass is 9.91. The monoisotopic (exact) mass is 383 g/mol. The van der Waals surface area contributed by atoms with Gasteiger partial charge in [0.05, 0.1) is 20.8 Å². The van der Waals surface area contributed by atoms with E-state index in [1.165, 1.54) is 24.0 Å². The van der Waals surface area contributed by atoms with E-state index in [2.05, 4.69) is 17.4 Å². The molecule has 0 bridgehead atoms. The van der Waals surface area contributed by atoms with Crippen LogP contribution in [0.4, 0.5) is 0 Å². The van der Waals surface area contributed by atoms with Crippen molar-refractivity contribution in [3.8, 4) is 17.2 Å². The van der Waals surface area contributed by atoms with E-state index >= 15 is 0 Å². The van der Waals surface area contributed by atoms with Crippen LogP contribution in [0.1, 0.15) is 36.0 Å². The van der Waals surface area contributed by atoms with E-state index < -0.39 is 0 Å². The topological polar surface area (TPSA) is 56.8 Å². The summed E-state index contributed by atoms with van der Waals surface area (Å²) < 4.78 is 16.5. The fourth-order valence-corrected chi connectivity index (χ4v) is 3.62. The van der Waals surface area contributed by atoms with Crippen LogP contribution < -0.4 is 19.5 Å². The van der Waals surface area contributed by atoms with Gasteiger partial charge in [0.2, 0.25) is 5.91 Å². The fraction of sp³-hybridized carbons (Fsp3) is 0.435. The third kappa shape index (κ3) is 5.18. The van der Waals surface area contributed by atoms with Crippen molar-refractivity contribution < 1.29 is 19.0 Å². The molecule has 0 saturated heterocycles. The van der Waals surface area contributed by atoms with Gasteiger partial charge in [-0.2, -0.15) is 0 Å². The number of hydrogen-bond acceptors (Lipinski definition) is 4. The molecule has 3 rings (SSSR count). The van der Waals surface area contributed by atoms with Gasteiger partial charge in [0.1, 0.15) is 12.4 Å². The predicted octanol–water partition coefficient (Wildman–Crippen LogP) is 3.71. The molecule has 0 heterocycles. The van der Waals surface area contributed by atoms with Crippen LogP contribution in [0.2, 0.25) is 0 Å². The van der Waals surface area contributed by atoms with E-state index in [-0.39, 0.29) is 5.91 Å². The predicted molar refractivity (Wildman–Crippen MR) is 109 cm³/mol. The first-order valence-electron chi connectivity index (χ1n) is 9.92. The highest BCUT2D eigenvalue weighted by atomic mass is 16.5. The standard InChI is InChI=1S/C23H29NO4/c1-26-21-12-10-17(16-22(21)27-2)11-13-23(25)24-14-15-28-20-9-5-7-18-6-3-4-8-19(18)20/h5,7,9-10,12,16H,3-4,6,8,11,13-15H2,1-2H3,(H,24,25). The van der Waals surface area contributed by atoms with Crippen LogP contribution in [0.25, 0.3) is 0 Å². The molecule has 0 aromatic heterocycles. The second kappa shape index (κ2) is 10.0. The molecule has 1 N–H and O–H groups in total. The molecule has 5 nitrogen and oxygen atoms in total. The number of amides is 1. The van der Waals surface area contributed by atoms with Gasteiger partial charge in [-0.05, 0) is 67.0 Å². The lowest BCUT2D eigenvalue weighted by molar-refractivity contribution is -0.121. The molecule has 1 aliphatic rings. The quantitative estimate of drug-likeness (QED) is 0.671. The van der Waals surface area contributed by atoms with Crippen LogP contribution in [-0.4, -0.2) is 33.3 Å². The van der Waals surface area contributed by atoms with E-state index in [0.717, 1.165) is 24.2 Å². The summed E-state index contributed by atoms with van der Waals surface area (Å²) in [5, 5.41) is 2.93. The molecule has 0 radical (unpaired) electrons. The zero-order valence-corrected chi connectivity index (χ0v) is 16.8. The summed E-state index contributed by atoms with van der Waals surface area (Å²) in [6.07, 6.45) is 5.78. The lowest BCUT2D eigenvalue weighted by Gasteiger charge is -2.19. The zero-order valence-electron chi connectivity index (χ0n) is 16.8. The molecule has 0 fully saturated rings. The molecule has 1 amide bonds. The van der Waals surface area contributed by atoms with E-state index in [4.69, 9.17) is 14.2 Å². The van der Waals surface area contributed by atoms with Gasteiger partial charge in [0.15, 0.2) is 11.5 Å². The Bertz CT molecular complexity index is 803. The largest absolute Gasteiger partial charge is 0.493 e. The number of benzene rings is 2. The van der Waals surface area contributed by atoms with Gasteiger partial charge in [-0.25, -0.2) is 0 Å². The van der Waals surface area contributed by atoms with Crippen LogP contribution >= 0.6 is 0 Å². The number of methoxy groups -OCH3 is 2. The third-order valence-corrected chi connectivity index (χ3v) is 5.12. The minimum Gasteiger partial charge on any atom is -0.493 e. The Kier molecular flexibility index (Phi) is 7.18. The van der Waals surface area contributed by atoms with Crippen molar-refractivity contribution in [1.82, 2.24) is 5.32 Å². The highest BCUT2D eigenvalue weighted by Crippen LogP contribution is 2.29.